The van der Waals surface area contributed by atoms with Gasteiger partial charge in [0.25, 0.3) is 5.91 Å². The SMILES string of the molecule is O=C(Nc1ccccc1Oc1ccccc1)c1ccc(NCc2cccnc2)nn1. The number of anilines is 2. The van der Waals surface area contributed by atoms with Crippen LogP contribution in [0, 0.1) is 0 Å². The molecular weight excluding hydrogens is 378 g/mol. The van der Waals surface area contributed by atoms with Crippen molar-refractivity contribution >= 4 is 17.4 Å². The summed E-state index contributed by atoms with van der Waals surface area (Å²) in [5, 5.41) is 14.1. The van der Waals surface area contributed by atoms with E-state index in [1.165, 1.54) is 0 Å². The molecule has 7 heteroatoms. The van der Waals surface area contributed by atoms with Gasteiger partial charge in [-0.05, 0) is 48.0 Å². The van der Waals surface area contributed by atoms with Gasteiger partial charge in [0.1, 0.15) is 11.6 Å². The summed E-state index contributed by atoms with van der Waals surface area (Å²) >= 11 is 0. The topological polar surface area (TPSA) is 89.0 Å². The third kappa shape index (κ3) is 4.96. The van der Waals surface area contributed by atoms with Crippen LogP contribution < -0.4 is 15.4 Å². The Balaban J connectivity index is 1.40. The van der Waals surface area contributed by atoms with Gasteiger partial charge in [-0.1, -0.05) is 36.4 Å². The van der Waals surface area contributed by atoms with Crippen LogP contribution >= 0.6 is 0 Å². The third-order valence-electron chi connectivity index (χ3n) is 4.20. The summed E-state index contributed by atoms with van der Waals surface area (Å²) in [6.45, 7) is 0.568. The second-order valence-electron chi connectivity index (χ2n) is 6.38. The Morgan fingerprint density at radius 3 is 2.47 bits per heavy atom. The summed E-state index contributed by atoms with van der Waals surface area (Å²) in [6.07, 6.45) is 3.50. The zero-order valence-electron chi connectivity index (χ0n) is 16.0. The Kier molecular flexibility index (Phi) is 5.91. The molecule has 0 aliphatic heterocycles. The molecule has 7 nitrogen and oxygen atoms in total. The van der Waals surface area contributed by atoms with Gasteiger partial charge in [0.05, 0.1) is 5.69 Å². The van der Waals surface area contributed by atoms with E-state index < -0.39 is 0 Å². The van der Waals surface area contributed by atoms with Crippen molar-refractivity contribution in [1.29, 1.82) is 0 Å². The molecule has 0 atom stereocenters. The second-order valence-corrected chi connectivity index (χ2v) is 6.38. The highest BCUT2D eigenvalue weighted by molar-refractivity contribution is 6.03. The number of nitrogens with one attached hydrogen (secondary N) is 2. The number of nitrogens with zero attached hydrogens (tertiary/aromatic N) is 3. The smallest absolute Gasteiger partial charge is 0.276 e. The van der Waals surface area contributed by atoms with Crippen LogP contribution in [0.3, 0.4) is 0 Å². The predicted molar refractivity (Wildman–Crippen MR) is 115 cm³/mol. The Morgan fingerprint density at radius 1 is 0.867 bits per heavy atom. The van der Waals surface area contributed by atoms with Gasteiger partial charge in [0, 0.05) is 18.9 Å². The van der Waals surface area contributed by atoms with Gasteiger partial charge >= 0.3 is 0 Å². The first-order valence-corrected chi connectivity index (χ1v) is 9.38. The molecule has 148 valence electrons. The molecule has 1 amide bonds. The van der Waals surface area contributed by atoms with Crippen molar-refractivity contribution in [3.8, 4) is 11.5 Å². The minimum absolute atomic E-state index is 0.205. The molecule has 30 heavy (non-hydrogen) atoms. The first-order valence-electron chi connectivity index (χ1n) is 9.38. The molecule has 0 bridgehead atoms. The van der Waals surface area contributed by atoms with Gasteiger partial charge in [-0.2, -0.15) is 0 Å². The third-order valence-corrected chi connectivity index (χ3v) is 4.20. The number of carbonyl (C=O) groups is 1. The minimum Gasteiger partial charge on any atom is -0.455 e. The normalized spacial score (nSPS) is 10.3. The van der Waals surface area contributed by atoms with E-state index in [9.17, 15) is 4.79 Å². The molecule has 0 aliphatic rings. The highest BCUT2D eigenvalue weighted by Gasteiger charge is 2.12. The van der Waals surface area contributed by atoms with Crippen molar-refractivity contribution in [2.75, 3.05) is 10.6 Å². The van der Waals surface area contributed by atoms with Crippen molar-refractivity contribution in [1.82, 2.24) is 15.2 Å². The predicted octanol–water partition coefficient (Wildman–Crippen LogP) is 4.53. The number of hydrogen-bond donors (Lipinski definition) is 2. The van der Waals surface area contributed by atoms with Gasteiger partial charge in [0.2, 0.25) is 0 Å². The van der Waals surface area contributed by atoms with Crippen molar-refractivity contribution in [2.24, 2.45) is 0 Å². The molecule has 0 unspecified atom stereocenters. The number of amides is 1. The lowest BCUT2D eigenvalue weighted by Crippen LogP contribution is -2.15. The lowest BCUT2D eigenvalue weighted by Gasteiger charge is -2.12. The van der Waals surface area contributed by atoms with Crippen LogP contribution in [0.25, 0.3) is 0 Å². The molecule has 0 aliphatic carbocycles. The van der Waals surface area contributed by atoms with Gasteiger partial charge < -0.3 is 15.4 Å². The van der Waals surface area contributed by atoms with Crippen LogP contribution in [0.1, 0.15) is 16.1 Å². The number of hydrogen-bond acceptors (Lipinski definition) is 6. The number of rotatable bonds is 7. The highest BCUT2D eigenvalue weighted by atomic mass is 16.5. The minimum atomic E-state index is -0.370. The van der Waals surface area contributed by atoms with E-state index in [0.717, 1.165) is 5.56 Å². The van der Waals surface area contributed by atoms with Crippen LogP contribution in [0.15, 0.2) is 91.3 Å². The van der Waals surface area contributed by atoms with E-state index in [1.54, 1.807) is 36.7 Å². The van der Waals surface area contributed by atoms with Gasteiger partial charge in [0.15, 0.2) is 11.4 Å². The van der Waals surface area contributed by atoms with Crippen LogP contribution in [0.5, 0.6) is 11.5 Å². The molecule has 0 spiro atoms. The Hall–Kier alpha value is -4.26. The Labute approximate surface area is 173 Å². The van der Waals surface area contributed by atoms with E-state index in [1.807, 2.05) is 54.6 Å². The molecule has 0 saturated carbocycles. The monoisotopic (exact) mass is 397 g/mol. The zero-order chi connectivity index (χ0) is 20.6. The standard InChI is InChI=1S/C23H19N5O2/c29-23(20-12-13-22(28-27-20)25-16-17-7-6-14-24-15-17)26-19-10-4-5-11-21(19)30-18-8-2-1-3-9-18/h1-15H,16H2,(H,25,28)(H,26,29). The maximum atomic E-state index is 12.6. The number of benzene rings is 2. The average Bonchev–Trinajstić information content (AvgIpc) is 2.81. The summed E-state index contributed by atoms with van der Waals surface area (Å²) < 4.78 is 5.87. The summed E-state index contributed by atoms with van der Waals surface area (Å²) in [4.78, 5) is 16.7. The first kappa shape index (κ1) is 19.1. The molecule has 4 aromatic rings. The summed E-state index contributed by atoms with van der Waals surface area (Å²) in [6, 6.07) is 23.8. The van der Waals surface area contributed by atoms with E-state index in [-0.39, 0.29) is 11.6 Å². The number of ether oxygens (including phenoxy) is 1. The van der Waals surface area contributed by atoms with Gasteiger partial charge in [-0.15, -0.1) is 10.2 Å². The largest absolute Gasteiger partial charge is 0.455 e. The Bertz CT molecular complexity index is 1100. The Morgan fingerprint density at radius 2 is 1.70 bits per heavy atom. The number of para-hydroxylation sites is 3. The lowest BCUT2D eigenvalue weighted by molar-refractivity contribution is 0.102. The molecule has 2 aromatic carbocycles. The number of aromatic nitrogens is 3. The van der Waals surface area contributed by atoms with Crippen LogP contribution in [-0.4, -0.2) is 21.1 Å². The van der Waals surface area contributed by atoms with E-state index in [4.69, 9.17) is 4.74 Å². The van der Waals surface area contributed by atoms with Crippen LogP contribution in [0.2, 0.25) is 0 Å². The summed E-state index contributed by atoms with van der Waals surface area (Å²) in [7, 11) is 0. The first-order chi connectivity index (χ1) is 14.8. The van der Waals surface area contributed by atoms with Crippen LogP contribution in [0.4, 0.5) is 11.5 Å². The van der Waals surface area contributed by atoms with Gasteiger partial charge in [-0.25, -0.2) is 0 Å². The molecular formula is C23H19N5O2. The lowest BCUT2D eigenvalue weighted by atomic mass is 10.2. The van der Waals surface area contributed by atoms with Gasteiger partial charge in [-0.3, -0.25) is 9.78 Å². The van der Waals surface area contributed by atoms with Crippen molar-refractivity contribution in [2.45, 2.75) is 6.54 Å². The van der Waals surface area contributed by atoms with E-state index in [2.05, 4.69) is 25.8 Å². The van der Waals surface area contributed by atoms with E-state index in [0.29, 0.717) is 29.5 Å². The molecule has 0 saturated heterocycles. The molecule has 2 aromatic heterocycles. The fourth-order valence-corrected chi connectivity index (χ4v) is 2.70. The number of carbonyl (C=O) groups excluding carboxylic acids is 1. The fraction of sp³-hybridized carbons (Fsp3) is 0.0435. The molecule has 2 N–H and O–H groups in total. The van der Waals surface area contributed by atoms with Crippen molar-refractivity contribution in [3.63, 3.8) is 0 Å². The van der Waals surface area contributed by atoms with Crippen molar-refractivity contribution in [3.05, 3.63) is 103 Å². The zero-order valence-corrected chi connectivity index (χ0v) is 16.0. The molecule has 2 heterocycles. The van der Waals surface area contributed by atoms with Crippen molar-refractivity contribution < 1.29 is 9.53 Å². The number of pyridine rings is 1. The maximum absolute atomic E-state index is 12.6. The maximum Gasteiger partial charge on any atom is 0.276 e. The van der Waals surface area contributed by atoms with E-state index >= 15 is 0 Å². The summed E-state index contributed by atoms with van der Waals surface area (Å²) in [5.74, 6) is 1.43. The molecule has 0 fully saturated rings. The molecule has 4 rings (SSSR count). The average molecular weight is 397 g/mol. The molecule has 0 radical (unpaired) electrons. The fourth-order valence-electron chi connectivity index (χ4n) is 2.70. The summed E-state index contributed by atoms with van der Waals surface area (Å²) in [5.41, 5.74) is 1.78. The van der Waals surface area contributed by atoms with Crippen LogP contribution in [-0.2, 0) is 6.54 Å². The second kappa shape index (κ2) is 9.29. The highest BCUT2D eigenvalue weighted by Crippen LogP contribution is 2.29. The quantitative estimate of drug-likeness (QED) is 0.476.